The molecule has 0 radical (unpaired) electrons. The predicted octanol–water partition coefficient (Wildman–Crippen LogP) is 5.53. The average molecular weight is 295 g/mol. The van der Waals surface area contributed by atoms with Gasteiger partial charge in [-0.25, -0.2) is 0 Å². The van der Waals surface area contributed by atoms with Crippen molar-refractivity contribution in [3.05, 3.63) is 71.8 Å². The molecule has 1 heteroatoms. The highest BCUT2D eigenvalue weighted by atomic mass is 14.9. The van der Waals surface area contributed by atoms with Crippen molar-refractivity contribution in [2.24, 2.45) is 0 Å². The Morgan fingerprint density at radius 3 is 2.18 bits per heavy atom. The molecule has 0 amide bonds. The van der Waals surface area contributed by atoms with Gasteiger partial charge in [0.15, 0.2) is 0 Å². The standard InChI is InChI=1S/C21H29N/c1-2-3-6-17-21(20-15-9-5-10-16-20)22-18-11-14-19-12-7-4-8-13-19/h4-5,7-10,12-13,15-16,21-22H,2-3,6,11,14,17-18H2,1H3. The van der Waals surface area contributed by atoms with Crippen LogP contribution in [-0.2, 0) is 6.42 Å². The predicted molar refractivity (Wildman–Crippen MR) is 96.1 cm³/mol. The highest BCUT2D eigenvalue weighted by Crippen LogP contribution is 2.19. The molecule has 1 atom stereocenters. The van der Waals surface area contributed by atoms with Gasteiger partial charge in [-0.2, -0.15) is 0 Å². The Kier molecular flexibility index (Phi) is 7.76. The zero-order valence-corrected chi connectivity index (χ0v) is 13.8. The molecule has 2 aromatic carbocycles. The van der Waals surface area contributed by atoms with E-state index in [2.05, 4.69) is 72.9 Å². The quantitative estimate of drug-likeness (QED) is 0.568. The molecule has 0 saturated heterocycles. The first-order valence-corrected chi connectivity index (χ1v) is 8.72. The molecular formula is C21H29N. The second-order valence-corrected chi connectivity index (χ2v) is 6.00. The lowest BCUT2D eigenvalue weighted by Gasteiger charge is -2.19. The van der Waals surface area contributed by atoms with Gasteiger partial charge in [0.25, 0.3) is 0 Å². The second kappa shape index (κ2) is 10.2. The SMILES string of the molecule is CCCCCC(NCCCc1ccccc1)c1ccccc1. The fourth-order valence-electron chi connectivity index (χ4n) is 2.88. The van der Waals surface area contributed by atoms with Crippen molar-refractivity contribution in [3.63, 3.8) is 0 Å². The molecule has 0 aromatic heterocycles. The number of benzene rings is 2. The van der Waals surface area contributed by atoms with Crippen molar-refractivity contribution in [1.82, 2.24) is 5.32 Å². The minimum Gasteiger partial charge on any atom is -0.310 e. The fourth-order valence-corrected chi connectivity index (χ4v) is 2.88. The van der Waals surface area contributed by atoms with Crippen molar-refractivity contribution in [2.45, 2.75) is 51.5 Å². The number of nitrogens with one attached hydrogen (secondary N) is 1. The Hall–Kier alpha value is -1.60. The summed E-state index contributed by atoms with van der Waals surface area (Å²) in [6.45, 7) is 3.35. The maximum Gasteiger partial charge on any atom is 0.0320 e. The Balaban J connectivity index is 1.79. The zero-order chi connectivity index (χ0) is 15.5. The first-order chi connectivity index (χ1) is 10.9. The van der Waals surface area contributed by atoms with Gasteiger partial charge < -0.3 is 5.32 Å². The van der Waals surface area contributed by atoms with Gasteiger partial charge in [-0.15, -0.1) is 0 Å². The Bertz CT molecular complexity index is 492. The lowest BCUT2D eigenvalue weighted by molar-refractivity contribution is 0.469. The molecule has 118 valence electrons. The number of hydrogen-bond acceptors (Lipinski definition) is 1. The molecule has 0 fully saturated rings. The molecule has 1 N–H and O–H groups in total. The van der Waals surface area contributed by atoms with Crippen molar-refractivity contribution in [1.29, 1.82) is 0 Å². The van der Waals surface area contributed by atoms with Crippen LogP contribution >= 0.6 is 0 Å². The third-order valence-electron chi connectivity index (χ3n) is 4.17. The summed E-state index contributed by atoms with van der Waals surface area (Å²) in [5.41, 5.74) is 2.87. The molecule has 1 unspecified atom stereocenters. The fraction of sp³-hybridized carbons (Fsp3) is 0.429. The first kappa shape index (κ1) is 16.8. The summed E-state index contributed by atoms with van der Waals surface area (Å²) in [5, 5.41) is 3.77. The van der Waals surface area contributed by atoms with Gasteiger partial charge in [0.2, 0.25) is 0 Å². The summed E-state index contributed by atoms with van der Waals surface area (Å²) in [4.78, 5) is 0. The van der Waals surface area contributed by atoms with Crippen LogP contribution in [0.1, 0.15) is 56.2 Å². The van der Waals surface area contributed by atoms with Gasteiger partial charge in [-0.1, -0.05) is 86.8 Å². The summed E-state index contributed by atoms with van der Waals surface area (Å²) in [5.74, 6) is 0. The molecule has 0 aliphatic carbocycles. The number of rotatable bonds is 10. The third kappa shape index (κ3) is 6.03. The lowest BCUT2D eigenvalue weighted by atomic mass is 10.00. The summed E-state index contributed by atoms with van der Waals surface area (Å²) in [6, 6.07) is 22.2. The van der Waals surface area contributed by atoms with Crippen LogP contribution in [0.25, 0.3) is 0 Å². The monoisotopic (exact) mass is 295 g/mol. The van der Waals surface area contributed by atoms with Crippen LogP contribution in [0.5, 0.6) is 0 Å². The van der Waals surface area contributed by atoms with Gasteiger partial charge in [0.05, 0.1) is 0 Å². The van der Waals surface area contributed by atoms with E-state index in [0.29, 0.717) is 6.04 Å². The summed E-state index contributed by atoms with van der Waals surface area (Å²) >= 11 is 0. The summed E-state index contributed by atoms with van der Waals surface area (Å²) in [7, 11) is 0. The number of unbranched alkanes of at least 4 members (excludes halogenated alkanes) is 2. The summed E-state index contributed by atoms with van der Waals surface area (Å²) < 4.78 is 0. The van der Waals surface area contributed by atoms with Gasteiger partial charge in [-0.3, -0.25) is 0 Å². The Morgan fingerprint density at radius 2 is 1.50 bits per heavy atom. The molecule has 0 spiro atoms. The Labute approximate surface area is 135 Å². The average Bonchev–Trinajstić information content (AvgIpc) is 2.59. The molecular weight excluding hydrogens is 266 g/mol. The molecule has 0 heterocycles. The smallest absolute Gasteiger partial charge is 0.0320 e. The number of aryl methyl sites for hydroxylation is 1. The molecule has 1 nitrogen and oxygen atoms in total. The highest BCUT2D eigenvalue weighted by molar-refractivity contribution is 5.19. The van der Waals surface area contributed by atoms with E-state index in [-0.39, 0.29) is 0 Å². The van der Waals surface area contributed by atoms with E-state index in [1.807, 2.05) is 0 Å². The second-order valence-electron chi connectivity index (χ2n) is 6.00. The first-order valence-electron chi connectivity index (χ1n) is 8.72. The van der Waals surface area contributed by atoms with Gasteiger partial charge in [-0.05, 0) is 36.9 Å². The maximum absolute atomic E-state index is 3.77. The minimum atomic E-state index is 0.503. The van der Waals surface area contributed by atoms with Crippen LogP contribution in [-0.4, -0.2) is 6.54 Å². The van der Waals surface area contributed by atoms with Crippen molar-refractivity contribution >= 4 is 0 Å². The number of hydrogen-bond donors (Lipinski definition) is 1. The normalized spacial score (nSPS) is 12.2. The van der Waals surface area contributed by atoms with Crippen LogP contribution in [0.3, 0.4) is 0 Å². The molecule has 2 aromatic rings. The molecule has 0 bridgehead atoms. The van der Waals surface area contributed by atoms with Crippen molar-refractivity contribution in [3.8, 4) is 0 Å². The van der Waals surface area contributed by atoms with Gasteiger partial charge in [0.1, 0.15) is 0 Å². The third-order valence-corrected chi connectivity index (χ3v) is 4.17. The molecule has 0 aliphatic rings. The van der Waals surface area contributed by atoms with E-state index < -0.39 is 0 Å². The molecule has 2 rings (SSSR count). The van der Waals surface area contributed by atoms with E-state index in [1.54, 1.807) is 0 Å². The lowest BCUT2D eigenvalue weighted by Crippen LogP contribution is -2.23. The van der Waals surface area contributed by atoms with E-state index in [0.717, 1.165) is 13.0 Å². The van der Waals surface area contributed by atoms with Gasteiger partial charge in [0, 0.05) is 6.04 Å². The highest BCUT2D eigenvalue weighted by Gasteiger charge is 2.09. The van der Waals surface area contributed by atoms with Crippen LogP contribution in [0.2, 0.25) is 0 Å². The Morgan fingerprint density at radius 1 is 0.818 bits per heavy atom. The molecule has 22 heavy (non-hydrogen) atoms. The van der Waals surface area contributed by atoms with Crippen LogP contribution in [0, 0.1) is 0 Å². The van der Waals surface area contributed by atoms with Crippen LogP contribution in [0.15, 0.2) is 60.7 Å². The largest absolute Gasteiger partial charge is 0.310 e. The topological polar surface area (TPSA) is 12.0 Å². The van der Waals surface area contributed by atoms with Crippen LogP contribution < -0.4 is 5.32 Å². The maximum atomic E-state index is 3.77. The van der Waals surface area contributed by atoms with Crippen LogP contribution in [0.4, 0.5) is 0 Å². The van der Waals surface area contributed by atoms with Crippen molar-refractivity contribution in [2.75, 3.05) is 6.54 Å². The summed E-state index contributed by atoms with van der Waals surface area (Å²) in [6.07, 6.45) is 7.51. The van der Waals surface area contributed by atoms with Gasteiger partial charge >= 0.3 is 0 Å². The minimum absolute atomic E-state index is 0.503. The molecule has 0 saturated carbocycles. The molecule has 0 aliphatic heterocycles. The van der Waals surface area contributed by atoms with E-state index in [4.69, 9.17) is 0 Å². The van der Waals surface area contributed by atoms with E-state index >= 15 is 0 Å². The van der Waals surface area contributed by atoms with E-state index in [9.17, 15) is 0 Å². The zero-order valence-electron chi connectivity index (χ0n) is 13.8. The van der Waals surface area contributed by atoms with E-state index in [1.165, 1.54) is 43.2 Å². The van der Waals surface area contributed by atoms with Crippen molar-refractivity contribution < 1.29 is 0 Å².